The number of nitrogens with zero attached hydrogens (tertiary/aromatic N) is 1. The van der Waals surface area contributed by atoms with Crippen LogP contribution in [0.5, 0.6) is 0 Å². The van der Waals surface area contributed by atoms with Crippen molar-refractivity contribution in [3.05, 3.63) is 75.0 Å². The maximum Gasteiger partial charge on any atom is 0.255 e. The first-order chi connectivity index (χ1) is 13.0. The van der Waals surface area contributed by atoms with E-state index in [0.29, 0.717) is 28.2 Å². The summed E-state index contributed by atoms with van der Waals surface area (Å²) in [6.07, 6.45) is 1.78. The largest absolute Gasteiger partial charge is 0.377 e. The van der Waals surface area contributed by atoms with Crippen LogP contribution in [0.25, 0.3) is 10.9 Å². The standard InChI is InChI=1S/C20H15ClN3O3.Y/c21-13-6-4-12(5-7-13)10-22-20(27)15-11-24-9-8-17(25)23-16-3-1-2-14(18(16)24)19(15)26;/h2-7,11H,8-10H2,(H,22,27)(H,23,25);/q-1;. The van der Waals surface area contributed by atoms with Gasteiger partial charge in [0.1, 0.15) is 5.43 Å². The number of benzene rings is 2. The second-order valence-corrected chi connectivity index (χ2v) is 6.74. The fourth-order valence-corrected chi connectivity index (χ4v) is 3.27. The van der Waals surface area contributed by atoms with E-state index in [-0.39, 0.29) is 62.6 Å². The van der Waals surface area contributed by atoms with Crippen LogP contribution in [0.4, 0.5) is 5.69 Å². The zero-order chi connectivity index (χ0) is 19.0. The van der Waals surface area contributed by atoms with Crippen molar-refractivity contribution in [2.75, 3.05) is 5.32 Å². The van der Waals surface area contributed by atoms with E-state index in [4.69, 9.17) is 11.6 Å². The summed E-state index contributed by atoms with van der Waals surface area (Å²) in [4.78, 5) is 37.3. The third kappa shape index (κ3) is 4.04. The summed E-state index contributed by atoms with van der Waals surface area (Å²) in [5.41, 5.74) is 1.66. The summed E-state index contributed by atoms with van der Waals surface area (Å²) in [5, 5.41) is 6.50. The topological polar surface area (TPSA) is 80.2 Å². The Hall–Kier alpha value is -2.02. The molecule has 0 saturated heterocycles. The Morgan fingerprint density at radius 2 is 1.96 bits per heavy atom. The molecule has 6 nitrogen and oxygen atoms in total. The Bertz CT molecular complexity index is 1130. The number of amides is 2. The zero-order valence-corrected chi connectivity index (χ0v) is 18.4. The van der Waals surface area contributed by atoms with E-state index in [1.165, 1.54) is 6.20 Å². The number of carbonyl (C=O) groups excluding carboxylic acids is 2. The van der Waals surface area contributed by atoms with Gasteiger partial charge in [-0.25, -0.2) is 0 Å². The fraction of sp³-hybridized carbons (Fsp3) is 0.150. The Kier molecular flexibility index (Phi) is 6.33. The molecule has 0 unspecified atom stereocenters. The molecule has 0 fully saturated rings. The molecular weight excluding hydrogens is 455 g/mol. The van der Waals surface area contributed by atoms with Gasteiger partial charge in [-0.2, -0.15) is 18.2 Å². The predicted molar refractivity (Wildman–Crippen MR) is 103 cm³/mol. The van der Waals surface area contributed by atoms with E-state index < -0.39 is 5.91 Å². The van der Waals surface area contributed by atoms with Gasteiger partial charge in [-0.05, 0) is 28.9 Å². The smallest absolute Gasteiger partial charge is 0.255 e. The first-order valence-electron chi connectivity index (χ1n) is 8.42. The number of pyridine rings is 1. The van der Waals surface area contributed by atoms with Crippen molar-refractivity contribution in [3.8, 4) is 0 Å². The molecule has 0 bridgehead atoms. The number of hydrogen-bond donors (Lipinski definition) is 2. The predicted octanol–water partition coefficient (Wildman–Crippen LogP) is 2.72. The SMILES string of the molecule is O=C1CCn2cc(C(=O)NCc3ccc(Cl)cc3)c(=O)c3c[c-]cc(c32)N1.[Y]. The van der Waals surface area contributed by atoms with Crippen LogP contribution < -0.4 is 16.1 Å². The van der Waals surface area contributed by atoms with Crippen LogP contribution in [-0.2, 0) is 50.6 Å². The summed E-state index contributed by atoms with van der Waals surface area (Å²) in [7, 11) is 0. The molecule has 2 N–H and O–H groups in total. The molecule has 8 heteroatoms. The number of aromatic nitrogens is 1. The number of nitrogens with one attached hydrogen (secondary N) is 2. The van der Waals surface area contributed by atoms with E-state index in [0.717, 1.165) is 5.56 Å². The van der Waals surface area contributed by atoms with E-state index in [9.17, 15) is 14.4 Å². The maximum atomic E-state index is 12.8. The van der Waals surface area contributed by atoms with Gasteiger partial charge in [0, 0.05) is 63.4 Å². The minimum Gasteiger partial charge on any atom is -0.377 e. The molecule has 2 aromatic carbocycles. The fourth-order valence-electron chi connectivity index (χ4n) is 3.14. The Labute approximate surface area is 191 Å². The molecular formula is C20H15ClN3O3Y-. The van der Waals surface area contributed by atoms with Gasteiger partial charge in [0.05, 0.1) is 5.56 Å². The van der Waals surface area contributed by atoms with Crippen LogP contribution in [0, 0.1) is 6.07 Å². The van der Waals surface area contributed by atoms with Crippen LogP contribution in [0.3, 0.4) is 0 Å². The van der Waals surface area contributed by atoms with Gasteiger partial charge < -0.3 is 20.0 Å². The molecule has 0 atom stereocenters. The Morgan fingerprint density at radius 1 is 1.21 bits per heavy atom. The van der Waals surface area contributed by atoms with Gasteiger partial charge in [-0.15, -0.1) is 0 Å². The second-order valence-electron chi connectivity index (χ2n) is 6.30. The third-order valence-corrected chi connectivity index (χ3v) is 4.74. The van der Waals surface area contributed by atoms with Crippen LogP contribution in [0.1, 0.15) is 22.3 Å². The quantitative estimate of drug-likeness (QED) is 0.579. The number of hydrogen-bond acceptors (Lipinski definition) is 3. The third-order valence-electron chi connectivity index (χ3n) is 4.49. The van der Waals surface area contributed by atoms with Crippen molar-refractivity contribution in [3.63, 3.8) is 0 Å². The molecule has 1 radical (unpaired) electrons. The molecule has 3 aromatic rings. The summed E-state index contributed by atoms with van der Waals surface area (Å²) in [5.74, 6) is -0.602. The van der Waals surface area contributed by atoms with E-state index in [2.05, 4.69) is 16.7 Å². The van der Waals surface area contributed by atoms with Gasteiger partial charge in [-0.3, -0.25) is 9.59 Å². The first kappa shape index (κ1) is 20.7. The van der Waals surface area contributed by atoms with Crippen molar-refractivity contribution in [2.24, 2.45) is 0 Å². The minimum atomic E-state index is -0.463. The zero-order valence-electron chi connectivity index (χ0n) is 14.8. The molecule has 2 amide bonds. The molecule has 28 heavy (non-hydrogen) atoms. The molecule has 1 aliphatic rings. The molecule has 0 saturated carbocycles. The van der Waals surface area contributed by atoms with E-state index >= 15 is 0 Å². The van der Waals surface area contributed by atoms with Crippen LogP contribution >= 0.6 is 11.6 Å². The van der Waals surface area contributed by atoms with Gasteiger partial charge in [0.2, 0.25) is 5.91 Å². The maximum absolute atomic E-state index is 12.8. The van der Waals surface area contributed by atoms with Crippen molar-refractivity contribution < 1.29 is 42.3 Å². The normalized spacial score (nSPS) is 12.7. The summed E-state index contributed by atoms with van der Waals surface area (Å²) in [6, 6.07) is 13.1. The summed E-state index contributed by atoms with van der Waals surface area (Å²) < 4.78 is 1.77. The van der Waals surface area contributed by atoms with Gasteiger partial charge in [0.25, 0.3) is 5.91 Å². The van der Waals surface area contributed by atoms with Crippen molar-refractivity contribution in [2.45, 2.75) is 19.5 Å². The molecule has 2 heterocycles. The van der Waals surface area contributed by atoms with Gasteiger partial charge in [-0.1, -0.05) is 29.1 Å². The molecule has 1 aliphatic heterocycles. The van der Waals surface area contributed by atoms with Crippen molar-refractivity contribution in [1.29, 1.82) is 0 Å². The first-order valence-corrected chi connectivity index (χ1v) is 8.80. The van der Waals surface area contributed by atoms with Crippen molar-refractivity contribution in [1.82, 2.24) is 9.88 Å². The molecule has 0 spiro atoms. The number of anilines is 1. The number of rotatable bonds is 3. The van der Waals surface area contributed by atoms with Gasteiger partial charge in [0.15, 0.2) is 0 Å². The summed E-state index contributed by atoms with van der Waals surface area (Å²) >= 11 is 5.86. The van der Waals surface area contributed by atoms with E-state index in [1.54, 1.807) is 28.8 Å². The Balaban J connectivity index is 0.00000225. The van der Waals surface area contributed by atoms with Crippen LogP contribution in [-0.4, -0.2) is 16.4 Å². The number of aryl methyl sites for hydroxylation is 1. The molecule has 4 rings (SSSR count). The Morgan fingerprint density at radius 3 is 2.71 bits per heavy atom. The molecule has 139 valence electrons. The van der Waals surface area contributed by atoms with Gasteiger partial charge >= 0.3 is 0 Å². The van der Waals surface area contributed by atoms with E-state index in [1.807, 2.05) is 12.1 Å². The van der Waals surface area contributed by atoms with Crippen LogP contribution in [0.15, 0.2) is 47.4 Å². The average Bonchev–Trinajstić information content (AvgIpc) is 2.83. The van der Waals surface area contributed by atoms with Crippen LogP contribution in [0.2, 0.25) is 5.02 Å². The monoisotopic (exact) mass is 469 g/mol. The number of halogens is 1. The van der Waals surface area contributed by atoms with Crippen molar-refractivity contribution >= 4 is 40.0 Å². The average molecular weight is 470 g/mol. The second kappa shape index (κ2) is 8.56. The number of carbonyl (C=O) groups is 2. The molecule has 0 aliphatic carbocycles. The minimum absolute atomic E-state index is 0. The summed E-state index contributed by atoms with van der Waals surface area (Å²) in [6.45, 7) is 0.663. The molecule has 1 aromatic heterocycles.